The van der Waals surface area contributed by atoms with Gasteiger partial charge in [-0.3, -0.25) is 4.40 Å². The summed E-state index contributed by atoms with van der Waals surface area (Å²) < 4.78 is 41.0. The molecule has 0 saturated carbocycles. The lowest BCUT2D eigenvalue weighted by Gasteiger charge is -2.18. The Balaban J connectivity index is 1.96. The molecule has 0 aliphatic carbocycles. The van der Waals surface area contributed by atoms with Gasteiger partial charge in [-0.1, -0.05) is 6.07 Å². The van der Waals surface area contributed by atoms with Gasteiger partial charge in [-0.05, 0) is 42.7 Å². The highest BCUT2D eigenvalue weighted by atomic mass is 32.2. The zero-order chi connectivity index (χ0) is 20.1. The van der Waals surface area contributed by atoms with E-state index in [0.29, 0.717) is 29.4 Å². The quantitative estimate of drug-likeness (QED) is 0.566. The second kappa shape index (κ2) is 8.80. The second-order valence-electron chi connectivity index (χ2n) is 5.96. The smallest absolute Gasteiger partial charge is 0.241 e. The van der Waals surface area contributed by atoms with Crippen LogP contribution >= 0.6 is 11.8 Å². The maximum Gasteiger partial charge on any atom is 0.241 e. The van der Waals surface area contributed by atoms with Gasteiger partial charge in [-0.2, -0.15) is 11.8 Å². The SMILES string of the molecule is COc1ccc(S(=O)(=O)N[C@@H](CCSC)c2nnc3ccccn23)cc1OC. The molecule has 0 radical (unpaired) electrons. The van der Waals surface area contributed by atoms with Crippen LogP contribution in [0.2, 0.25) is 0 Å². The van der Waals surface area contributed by atoms with E-state index >= 15 is 0 Å². The summed E-state index contributed by atoms with van der Waals surface area (Å²) in [5, 5.41) is 8.35. The van der Waals surface area contributed by atoms with Gasteiger partial charge >= 0.3 is 0 Å². The number of methoxy groups -OCH3 is 2. The van der Waals surface area contributed by atoms with E-state index < -0.39 is 16.1 Å². The summed E-state index contributed by atoms with van der Waals surface area (Å²) in [6.45, 7) is 0. The number of thioether (sulfide) groups is 1. The van der Waals surface area contributed by atoms with Crippen LogP contribution < -0.4 is 14.2 Å². The topological polar surface area (TPSA) is 94.8 Å². The summed E-state index contributed by atoms with van der Waals surface area (Å²) in [4.78, 5) is 0.0909. The second-order valence-corrected chi connectivity index (χ2v) is 8.66. The molecule has 2 aromatic heterocycles. The van der Waals surface area contributed by atoms with Crippen molar-refractivity contribution in [2.24, 2.45) is 0 Å². The molecule has 3 aromatic rings. The van der Waals surface area contributed by atoms with E-state index in [2.05, 4.69) is 14.9 Å². The van der Waals surface area contributed by atoms with Crippen molar-refractivity contribution < 1.29 is 17.9 Å². The zero-order valence-electron chi connectivity index (χ0n) is 15.8. The van der Waals surface area contributed by atoms with E-state index in [0.717, 1.165) is 5.75 Å². The van der Waals surface area contributed by atoms with Gasteiger partial charge in [-0.15, -0.1) is 10.2 Å². The van der Waals surface area contributed by atoms with Crippen LogP contribution in [0.4, 0.5) is 0 Å². The van der Waals surface area contributed by atoms with Gasteiger partial charge in [0.15, 0.2) is 23.0 Å². The summed E-state index contributed by atoms with van der Waals surface area (Å²) >= 11 is 1.64. The fraction of sp³-hybridized carbons (Fsp3) is 0.333. The minimum absolute atomic E-state index is 0.0909. The lowest BCUT2D eigenvalue weighted by molar-refractivity contribution is 0.354. The molecule has 1 N–H and O–H groups in total. The average molecular weight is 423 g/mol. The van der Waals surface area contributed by atoms with Crippen molar-refractivity contribution in [3.8, 4) is 11.5 Å². The largest absolute Gasteiger partial charge is 0.493 e. The third-order valence-electron chi connectivity index (χ3n) is 4.23. The van der Waals surface area contributed by atoms with Gasteiger partial charge in [0.1, 0.15) is 0 Å². The molecule has 0 bridgehead atoms. The number of ether oxygens (including phenoxy) is 2. The number of rotatable bonds is 9. The van der Waals surface area contributed by atoms with Crippen molar-refractivity contribution >= 4 is 27.4 Å². The third kappa shape index (κ3) is 4.23. The number of nitrogens with zero attached hydrogens (tertiary/aromatic N) is 3. The summed E-state index contributed by atoms with van der Waals surface area (Å²) in [7, 11) is -0.855. The van der Waals surface area contributed by atoms with Crippen molar-refractivity contribution in [3.05, 3.63) is 48.4 Å². The van der Waals surface area contributed by atoms with Crippen LogP contribution in [0.3, 0.4) is 0 Å². The number of pyridine rings is 1. The highest BCUT2D eigenvalue weighted by Crippen LogP contribution is 2.30. The molecule has 0 aliphatic heterocycles. The van der Waals surface area contributed by atoms with Crippen LogP contribution in [-0.2, 0) is 10.0 Å². The predicted molar refractivity (Wildman–Crippen MR) is 109 cm³/mol. The van der Waals surface area contributed by atoms with Gasteiger partial charge < -0.3 is 9.47 Å². The standard InChI is InChI=1S/C18H22N4O4S2/c1-25-15-8-7-13(12-16(15)26-2)28(23,24)21-14(9-11-27-3)18-20-19-17-6-4-5-10-22(17)18/h4-8,10,12,14,21H,9,11H2,1-3H3/t14-/m0/s1. The average Bonchev–Trinajstić information content (AvgIpc) is 3.14. The Morgan fingerprint density at radius 3 is 2.64 bits per heavy atom. The molecule has 0 fully saturated rings. The number of hydrogen-bond donors (Lipinski definition) is 1. The predicted octanol–water partition coefficient (Wildman–Crippen LogP) is 2.52. The molecule has 2 heterocycles. The van der Waals surface area contributed by atoms with E-state index in [4.69, 9.17) is 9.47 Å². The lowest BCUT2D eigenvalue weighted by atomic mass is 10.2. The fourth-order valence-corrected chi connectivity index (χ4v) is 4.53. The zero-order valence-corrected chi connectivity index (χ0v) is 17.5. The van der Waals surface area contributed by atoms with Crippen molar-refractivity contribution in [1.29, 1.82) is 0 Å². The first-order valence-electron chi connectivity index (χ1n) is 8.53. The Hall–Kier alpha value is -2.30. The lowest BCUT2D eigenvalue weighted by Crippen LogP contribution is -2.30. The molecule has 28 heavy (non-hydrogen) atoms. The molecule has 0 saturated heterocycles. The summed E-state index contributed by atoms with van der Waals surface area (Å²) in [6.07, 6.45) is 4.37. The Bertz CT molecular complexity index is 1050. The molecule has 1 aromatic carbocycles. The van der Waals surface area contributed by atoms with E-state index in [1.165, 1.54) is 26.4 Å². The van der Waals surface area contributed by atoms with Crippen molar-refractivity contribution in [2.45, 2.75) is 17.4 Å². The Kier molecular flexibility index (Phi) is 6.42. The Morgan fingerprint density at radius 1 is 1.14 bits per heavy atom. The molecule has 3 rings (SSSR count). The first-order valence-corrected chi connectivity index (χ1v) is 11.4. The summed E-state index contributed by atoms with van der Waals surface area (Å²) in [6, 6.07) is 9.50. The van der Waals surface area contributed by atoms with Crippen molar-refractivity contribution in [2.75, 3.05) is 26.2 Å². The van der Waals surface area contributed by atoms with Crippen LogP contribution in [-0.4, -0.2) is 49.2 Å². The summed E-state index contributed by atoms with van der Waals surface area (Å²) in [5.74, 6) is 2.12. The number of benzene rings is 1. The van der Waals surface area contributed by atoms with Crippen molar-refractivity contribution in [3.63, 3.8) is 0 Å². The first kappa shape index (κ1) is 20.4. The van der Waals surface area contributed by atoms with Crippen LogP contribution in [0.15, 0.2) is 47.5 Å². The highest BCUT2D eigenvalue weighted by molar-refractivity contribution is 7.98. The third-order valence-corrected chi connectivity index (χ3v) is 6.34. The van der Waals surface area contributed by atoms with Crippen LogP contribution in [0.1, 0.15) is 18.3 Å². The van der Waals surface area contributed by atoms with Crippen LogP contribution in [0.25, 0.3) is 5.65 Å². The highest BCUT2D eigenvalue weighted by Gasteiger charge is 2.26. The van der Waals surface area contributed by atoms with Crippen LogP contribution in [0, 0.1) is 0 Å². The van der Waals surface area contributed by atoms with Gasteiger partial charge in [0.05, 0.1) is 25.2 Å². The molecule has 8 nitrogen and oxygen atoms in total. The number of sulfonamides is 1. The van der Waals surface area contributed by atoms with E-state index in [-0.39, 0.29) is 4.90 Å². The Morgan fingerprint density at radius 2 is 1.93 bits per heavy atom. The molecular weight excluding hydrogens is 400 g/mol. The minimum Gasteiger partial charge on any atom is -0.493 e. The molecule has 1 atom stereocenters. The number of fused-ring (bicyclic) bond motifs is 1. The molecule has 0 spiro atoms. The maximum absolute atomic E-state index is 13.0. The summed E-state index contributed by atoms with van der Waals surface area (Å²) in [5.41, 5.74) is 0.664. The van der Waals surface area contributed by atoms with Gasteiger partial charge in [0.25, 0.3) is 0 Å². The molecule has 150 valence electrons. The van der Waals surface area contributed by atoms with Gasteiger partial charge in [-0.25, -0.2) is 13.1 Å². The van der Waals surface area contributed by atoms with Gasteiger partial charge in [0.2, 0.25) is 10.0 Å². The molecule has 0 aliphatic rings. The molecular formula is C18H22N4O4S2. The number of hydrogen-bond acceptors (Lipinski definition) is 7. The van der Waals surface area contributed by atoms with E-state index in [1.807, 2.05) is 30.7 Å². The van der Waals surface area contributed by atoms with Crippen molar-refractivity contribution in [1.82, 2.24) is 19.3 Å². The molecule has 0 amide bonds. The van der Waals surface area contributed by atoms with Crippen LogP contribution in [0.5, 0.6) is 11.5 Å². The molecule has 10 heteroatoms. The maximum atomic E-state index is 13.0. The van der Waals surface area contributed by atoms with E-state index in [9.17, 15) is 8.42 Å². The number of nitrogens with one attached hydrogen (secondary N) is 1. The van der Waals surface area contributed by atoms with Gasteiger partial charge in [0, 0.05) is 12.3 Å². The minimum atomic E-state index is -3.82. The Labute approximate surface area is 168 Å². The molecule has 0 unspecified atom stereocenters. The number of aromatic nitrogens is 3. The monoisotopic (exact) mass is 422 g/mol. The van der Waals surface area contributed by atoms with E-state index in [1.54, 1.807) is 22.2 Å². The normalized spacial score (nSPS) is 12.8. The first-order chi connectivity index (χ1) is 13.5. The fourth-order valence-electron chi connectivity index (χ4n) is 2.81.